The number of aromatic nitrogens is 4. The Labute approximate surface area is 166 Å². The monoisotopic (exact) mass is 425 g/mol. The number of halogens is 1. The Balaban J connectivity index is 1.86. The first-order valence-corrected chi connectivity index (χ1v) is 10.0. The summed E-state index contributed by atoms with van der Waals surface area (Å²) in [6.45, 7) is 5.67. The van der Waals surface area contributed by atoms with E-state index in [0.29, 0.717) is 6.54 Å². The molecule has 2 atom stereocenters. The normalized spacial score (nSPS) is 24.2. The highest BCUT2D eigenvalue weighted by Crippen LogP contribution is 2.47. The van der Waals surface area contributed by atoms with Gasteiger partial charge in [-0.2, -0.15) is 0 Å². The summed E-state index contributed by atoms with van der Waals surface area (Å²) in [5, 5.41) is 8.93. The van der Waals surface area contributed by atoms with Crippen LogP contribution < -0.4 is 0 Å². The predicted octanol–water partition coefficient (Wildman–Crippen LogP) is 3.42. The molecule has 138 valence electrons. The number of pyridine rings is 1. The summed E-state index contributed by atoms with van der Waals surface area (Å²) in [5.41, 5.74) is 2.27. The Morgan fingerprint density at radius 1 is 1.26 bits per heavy atom. The summed E-state index contributed by atoms with van der Waals surface area (Å²) in [6, 6.07) is 12.3. The van der Waals surface area contributed by atoms with Gasteiger partial charge in [-0.25, -0.2) is 0 Å². The number of nitrogens with zero attached hydrogens (tertiary/aromatic N) is 5. The zero-order valence-corrected chi connectivity index (χ0v) is 16.8. The molecule has 1 fully saturated rings. The molecule has 2 unspecified atom stereocenters. The molecule has 1 saturated heterocycles. The molecule has 0 amide bonds. The van der Waals surface area contributed by atoms with Crippen LogP contribution in [0.15, 0.2) is 47.1 Å². The van der Waals surface area contributed by atoms with Crippen LogP contribution in [0.4, 0.5) is 0 Å². The number of aryl methyl sites for hydroxylation is 1. The van der Waals surface area contributed by atoms with Gasteiger partial charge in [0.1, 0.15) is 5.82 Å². The third kappa shape index (κ3) is 2.42. The lowest BCUT2D eigenvalue weighted by molar-refractivity contribution is -0.0790. The van der Waals surface area contributed by atoms with Gasteiger partial charge in [0.05, 0.1) is 24.0 Å². The first-order valence-electron chi connectivity index (χ1n) is 9.21. The highest BCUT2D eigenvalue weighted by Gasteiger charge is 2.52. The Morgan fingerprint density at radius 3 is 2.93 bits per heavy atom. The predicted molar refractivity (Wildman–Crippen MR) is 104 cm³/mol. The van der Waals surface area contributed by atoms with Crippen molar-refractivity contribution in [1.29, 1.82) is 0 Å². The average molecular weight is 426 g/mol. The average Bonchev–Trinajstić information content (AvgIpc) is 3.21. The van der Waals surface area contributed by atoms with E-state index in [4.69, 9.17) is 9.72 Å². The summed E-state index contributed by atoms with van der Waals surface area (Å²) in [6.07, 6.45) is 2.73. The number of rotatable bonds is 2. The van der Waals surface area contributed by atoms with Gasteiger partial charge in [-0.1, -0.05) is 28.9 Å². The van der Waals surface area contributed by atoms with Crippen LogP contribution in [0.3, 0.4) is 0 Å². The van der Waals surface area contributed by atoms with E-state index in [1.165, 1.54) is 0 Å². The lowest BCUT2D eigenvalue weighted by atomic mass is 9.95. The molecule has 1 aromatic carbocycles. The van der Waals surface area contributed by atoms with Crippen molar-refractivity contribution in [1.82, 2.24) is 24.6 Å². The van der Waals surface area contributed by atoms with Gasteiger partial charge >= 0.3 is 0 Å². The molecule has 0 spiro atoms. The van der Waals surface area contributed by atoms with Gasteiger partial charge in [-0.15, -0.1) is 10.2 Å². The quantitative estimate of drug-likeness (QED) is 0.629. The third-order valence-corrected chi connectivity index (χ3v) is 5.81. The van der Waals surface area contributed by atoms with Crippen molar-refractivity contribution in [3.8, 4) is 5.69 Å². The highest BCUT2D eigenvalue weighted by atomic mass is 79.9. The molecular formula is C20H20BrN5O. The minimum absolute atomic E-state index is 0.0824. The second-order valence-corrected chi connectivity index (χ2v) is 7.97. The molecule has 6 nitrogen and oxygen atoms in total. The van der Waals surface area contributed by atoms with E-state index in [1.807, 2.05) is 24.4 Å². The molecule has 2 aliphatic rings. The van der Waals surface area contributed by atoms with Crippen LogP contribution in [0.5, 0.6) is 0 Å². The van der Waals surface area contributed by atoms with Gasteiger partial charge in [-0.3, -0.25) is 14.5 Å². The Morgan fingerprint density at radius 2 is 2.15 bits per heavy atom. The number of ether oxygens (including phenoxy) is 1. The van der Waals surface area contributed by atoms with Crippen LogP contribution in [0.1, 0.15) is 36.8 Å². The maximum absolute atomic E-state index is 6.66. The van der Waals surface area contributed by atoms with Crippen molar-refractivity contribution in [2.45, 2.75) is 38.6 Å². The van der Waals surface area contributed by atoms with E-state index in [2.05, 4.69) is 67.6 Å². The third-order valence-electron chi connectivity index (χ3n) is 5.32. The van der Waals surface area contributed by atoms with E-state index in [9.17, 15) is 0 Å². The molecule has 7 heteroatoms. The first-order chi connectivity index (χ1) is 13.1. The summed E-state index contributed by atoms with van der Waals surface area (Å²) < 4.78 is 9.84. The molecule has 0 radical (unpaired) electrons. The van der Waals surface area contributed by atoms with Crippen LogP contribution in [-0.2, 0) is 23.4 Å². The standard InChI is InChI=1S/C20H20BrN5O/c1-3-18-23-24-19-12-25-11-13(2)27-20(25,17-6-4-5-9-22-17)15-10-14(21)7-8-16(15)26(18)19/h4-10,13H,3,11-12H2,1-2H3. The SMILES string of the molecule is CCc1nnc2n1-c1ccc(Br)cc1C1(c3ccccn3)OC(C)CN1C2. The fourth-order valence-corrected chi connectivity index (χ4v) is 4.64. The van der Waals surface area contributed by atoms with E-state index >= 15 is 0 Å². The number of hydrogen-bond donors (Lipinski definition) is 0. The second kappa shape index (κ2) is 6.22. The summed E-state index contributed by atoms with van der Waals surface area (Å²) >= 11 is 3.66. The summed E-state index contributed by atoms with van der Waals surface area (Å²) in [4.78, 5) is 7.03. The van der Waals surface area contributed by atoms with Crippen molar-refractivity contribution in [3.63, 3.8) is 0 Å². The molecule has 5 rings (SSSR count). The van der Waals surface area contributed by atoms with Gasteiger partial charge in [-0.05, 0) is 37.3 Å². The Hall–Kier alpha value is -2.09. The van der Waals surface area contributed by atoms with Crippen molar-refractivity contribution in [3.05, 3.63) is 70.0 Å². The first kappa shape index (κ1) is 17.0. The summed E-state index contributed by atoms with van der Waals surface area (Å²) in [5.74, 6) is 1.89. The van der Waals surface area contributed by atoms with Gasteiger partial charge in [0.2, 0.25) is 0 Å². The van der Waals surface area contributed by atoms with Crippen LogP contribution in [0.2, 0.25) is 0 Å². The van der Waals surface area contributed by atoms with E-state index in [0.717, 1.165) is 46.0 Å². The van der Waals surface area contributed by atoms with E-state index in [-0.39, 0.29) is 6.10 Å². The molecule has 3 aromatic rings. The largest absolute Gasteiger partial charge is 0.346 e. The number of hydrogen-bond acceptors (Lipinski definition) is 5. The van der Waals surface area contributed by atoms with Crippen LogP contribution in [0, 0.1) is 0 Å². The fraction of sp³-hybridized carbons (Fsp3) is 0.350. The molecule has 27 heavy (non-hydrogen) atoms. The molecule has 2 aliphatic heterocycles. The highest BCUT2D eigenvalue weighted by molar-refractivity contribution is 9.10. The van der Waals surface area contributed by atoms with Gasteiger partial charge < -0.3 is 4.74 Å². The fourth-order valence-electron chi connectivity index (χ4n) is 4.28. The number of fused-ring (bicyclic) bond motifs is 5. The summed E-state index contributed by atoms with van der Waals surface area (Å²) in [7, 11) is 0. The van der Waals surface area contributed by atoms with Gasteiger partial charge in [0, 0.05) is 29.2 Å². The Kier molecular flexibility index (Phi) is 3.93. The number of benzene rings is 1. The Bertz CT molecular complexity index is 1000. The van der Waals surface area contributed by atoms with Crippen LogP contribution >= 0.6 is 15.9 Å². The van der Waals surface area contributed by atoms with Crippen molar-refractivity contribution >= 4 is 15.9 Å². The molecule has 0 bridgehead atoms. The molecule has 4 heterocycles. The maximum atomic E-state index is 6.66. The van der Waals surface area contributed by atoms with Crippen molar-refractivity contribution in [2.24, 2.45) is 0 Å². The molecular weight excluding hydrogens is 406 g/mol. The minimum atomic E-state index is -0.745. The van der Waals surface area contributed by atoms with Crippen LogP contribution in [0.25, 0.3) is 5.69 Å². The molecule has 0 saturated carbocycles. The van der Waals surface area contributed by atoms with E-state index in [1.54, 1.807) is 0 Å². The lowest BCUT2D eigenvalue weighted by Crippen LogP contribution is -2.43. The van der Waals surface area contributed by atoms with Crippen molar-refractivity contribution < 1.29 is 4.74 Å². The molecule has 0 N–H and O–H groups in total. The second-order valence-electron chi connectivity index (χ2n) is 7.05. The topological polar surface area (TPSA) is 56.1 Å². The van der Waals surface area contributed by atoms with Crippen LogP contribution in [-0.4, -0.2) is 37.3 Å². The maximum Gasteiger partial charge on any atom is 0.193 e. The molecule has 0 aliphatic carbocycles. The zero-order chi connectivity index (χ0) is 18.6. The van der Waals surface area contributed by atoms with Gasteiger partial charge in [0.25, 0.3) is 0 Å². The molecule has 2 aromatic heterocycles. The lowest BCUT2D eigenvalue weighted by Gasteiger charge is -2.36. The van der Waals surface area contributed by atoms with E-state index < -0.39 is 5.72 Å². The van der Waals surface area contributed by atoms with Gasteiger partial charge in [0.15, 0.2) is 11.5 Å². The zero-order valence-electron chi connectivity index (χ0n) is 15.3. The smallest absolute Gasteiger partial charge is 0.193 e. The minimum Gasteiger partial charge on any atom is -0.346 e. The van der Waals surface area contributed by atoms with Crippen molar-refractivity contribution in [2.75, 3.05) is 6.54 Å².